The van der Waals surface area contributed by atoms with Crippen LogP contribution in [0.4, 0.5) is 19.0 Å². The van der Waals surface area contributed by atoms with E-state index in [9.17, 15) is 18.0 Å². The largest absolute Gasteiger partial charge is 0.416 e. The lowest BCUT2D eigenvalue weighted by molar-refractivity contribution is -0.221. The predicted octanol–water partition coefficient (Wildman–Crippen LogP) is 1.32. The molecule has 0 unspecified atom stereocenters. The Morgan fingerprint density at radius 3 is 2.67 bits per heavy atom. The SMILES string of the molecule is O=C(c1ccnc(N2CCO[C@H](C(F)(F)F)C2)c1)N1CCOCC1. The third kappa shape index (κ3) is 3.78. The minimum atomic E-state index is -4.42. The molecule has 3 heterocycles. The van der Waals surface area contributed by atoms with Crippen molar-refractivity contribution in [3.05, 3.63) is 23.9 Å². The second kappa shape index (κ2) is 6.94. The van der Waals surface area contributed by atoms with Crippen molar-refractivity contribution in [3.8, 4) is 0 Å². The Morgan fingerprint density at radius 1 is 1.21 bits per heavy atom. The lowest BCUT2D eigenvalue weighted by atomic mass is 10.2. The maximum absolute atomic E-state index is 12.8. The summed E-state index contributed by atoms with van der Waals surface area (Å²) in [7, 11) is 0. The van der Waals surface area contributed by atoms with Gasteiger partial charge in [0.25, 0.3) is 5.91 Å². The maximum Gasteiger partial charge on any atom is 0.416 e. The van der Waals surface area contributed by atoms with Crippen LogP contribution in [0.3, 0.4) is 0 Å². The second-order valence-electron chi connectivity index (χ2n) is 5.65. The zero-order valence-electron chi connectivity index (χ0n) is 13.0. The van der Waals surface area contributed by atoms with Crippen LogP contribution in [-0.2, 0) is 9.47 Å². The van der Waals surface area contributed by atoms with Gasteiger partial charge < -0.3 is 19.3 Å². The molecule has 6 nitrogen and oxygen atoms in total. The van der Waals surface area contributed by atoms with Crippen LogP contribution in [0.15, 0.2) is 18.3 Å². The van der Waals surface area contributed by atoms with Crippen molar-refractivity contribution in [1.82, 2.24) is 9.88 Å². The molecule has 0 N–H and O–H groups in total. The molecule has 24 heavy (non-hydrogen) atoms. The molecular formula is C15H18F3N3O3. The molecule has 1 aromatic heterocycles. The van der Waals surface area contributed by atoms with E-state index in [1.165, 1.54) is 17.2 Å². The highest BCUT2D eigenvalue weighted by molar-refractivity contribution is 5.94. The van der Waals surface area contributed by atoms with E-state index in [1.54, 1.807) is 11.0 Å². The number of pyridine rings is 1. The van der Waals surface area contributed by atoms with Gasteiger partial charge in [0.1, 0.15) is 5.82 Å². The van der Waals surface area contributed by atoms with Gasteiger partial charge in [-0.05, 0) is 12.1 Å². The van der Waals surface area contributed by atoms with Crippen LogP contribution in [0, 0.1) is 0 Å². The number of ether oxygens (including phenoxy) is 2. The first kappa shape index (κ1) is 17.0. The number of hydrogen-bond donors (Lipinski definition) is 0. The molecule has 2 aliphatic heterocycles. The van der Waals surface area contributed by atoms with Crippen molar-refractivity contribution < 1.29 is 27.4 Å². The molecule has 2 fully saturated rings. The van der Waals surface area contributed by atoms with Crippen molar-refractivity contribution in [3.63, 3.8) is 0 Å². The standard InChI is InChI=1S/C15H18F3N3O3/c16-15(17,18)12-10-21(5-8-24-12)13-9-11(1-2-19-13)14(22)20-3-6-23-7-4-20/h1-2,9,12H,3-8,10H2/t12-/m0/s1. The fraction of sp³-hybridized carbons (Fsp3) is 0.600. The number of morpholine rings is 2. The van der Waals surface area contributed by atoms with Gasteiger partial charge in [-0.25, -0.2) is 4.98 Å². The summed E-state index contributed by atoms with van der Waals surface area (Å²) in [5, 5.41) is 0. The number of carbonyl (C=O) groups excluding carboxylic acids is 1. The Labute approximate surface area is 137 Å². The number of nitrogens with zero attached hydrogens (tertiary/aromatic N) is 3. The zero-order valence-corrected chi connectivity index (χ0v) is 13.0. The number of carbonyl (C=O) groups is 1. The van der Waals surface area contributed by atoms with E-state index in [4.69, 9.17) is 9.47 Å². The molecule has 0 aliphatic carbocycles. The Bertz CT molecular complexity index is 591. The number of amides is 1. The summed E-state index contributed by atoms with van der Waals surface area (Å²) in [5.41, 5.74) is 0.414. The molecule has 1 atom stereocenters. The first-order chi connectivity index (χ1) is 11.4. The molecule has 0 spiro atoms. The van der Waals surface area contributed by atoms with Crippen molar-refractivity contribution in [1.29, 1.82) is 0 Å². The maximum atomic E-state index is 12.8. The Hall–Kier alpha value is -1.87. The van der Waals surface area contributed by atoms with Crippen LogP contribution in [0.2, 0.25) is 0 Å². The third-order valence-corrected chi connectivity index (χ3v) is 4.05. The minimum absolute atomic E-state index is 0.0342. The van der Waals surface area contributed by atoms with Crippen LogP contribution in [0.1, 0.15) is 10.4 Å². The quantitative estimate of drug-likeness (QED) is 0.809. The van der Waals surface area contributed by atoms with Gasteiger partial charge in [0.05, 0.1) is 26.4 Å². The summed E-state index contributed by atoms with van der Waals surface area (Å²) in [4.78, 5) is 19.8. The molecule has 1 amide bonds. The normalized spacial score (nSPS) is 22.5. The minimum Gasteiger partial charge on any atom is -0.378 e. The highest BCUT2D eigenvalue weighted by Crippen LogP contribution is 2.27. The number of alkyl halides is 3. The molecule has 0 saturated carbocycles. The van der Waals surface area contributed by atoms with Crippen LogP contribution in [0.5, 0.6) is 0 Å². The molecule has 2 aliphatic rings. The Morgan fingerprint density at radius 2 is 1.96 bits per heavy atom. The number of aromatic nitrogens is 1. The first-order valence-corrected chi connectivity index (χ1v) is 7.71. The van der Waals surface area contributed by atoms with Crippen molar-refractivity contribution >= 4 is 11.7 Å². The van der Waals surface area contributed by atoms with E-state index < -0.39 is 12.3 Å². The van der Waals surface area contributed by atoms with E-state index in [-0.39, 0.29) is 19.1 Å². The molecule has 3 rings (SSSR count). The Kier molecular flexibility index (Phi) is 4.91. The summed E-state index contributed by atoms with van der Waals surface area (Å²) < 4.78 is 48.5. The zero-order chi connectivity index (χ0) is 17.2. The van der Waals surface area contributed by atoms with Gasteiger partial charge in [0.15, 0.2) is 6.10 Å². The van der Waals surface area contributed by atoms with Gasteiger partial charge in [-0.3, -0.25) is 4.79 Å². The van der Waals surface area contributed by atoms with Gasteiger partial charge in [-0.15, -0.1) is 0 Å². The summed E-state index contributed by atoms with van der Waals surface area (Å²) in [6.07, 6.45) is -4.81. The highest BCUT2D eigenvalue weighted by atomic mass is 19.4. The molecule has 9 heteroatoms. The van der Waals surface area contributed by atoms with Crippen LogP contribution in [0.25, 0.3) is 0 Å². The summed E-state index contributed by atoms with van der Waals surface area (Å²) in [5.74, 6) is 0.189. The molecule has 0 radical (unpaired) electrons. The van der Waals surface area contributed by atoms with E-state index >= 15 is 0 Å². The summed E-state index contributed by atoms with van der Waals surface area (Å²) in [6, 6.07) is 3.11. The van der Waals surface area contributed by atoms with E-state index in [2.05, 4.69) is 4.98 Å². The second-order valence-corrected chi connectivity index (χ2v) is 5.65. The van der Waals surface area contributed by atoms with Crippen LogP contribution < -0.4 is 4.90 Å². The van der Waals surface area contributed by atoms with E-state index in [1.807, 2.05) is 0 Å². The number of anilines is 1. The topological polar surface area (TPSA) is 54.9 Å². The smallest absolute Gasteiger partial charge is 0.378 e. The lowest BCUT2D eigenvalue weighted by Gasteiger charge is -2.34. The van der Waals surface area contributed by atoms with Gasteiger partial charge in [-0.1, -0.05) is 0 Å². The molecular weight excluding hydrogens is 327 g/mol. The number of hydrogen-bond acceptors (Lipinski definition) is 5. The molecule has 1 aromatic rings. The van der Waals surface area contributed by atoms with E-state index in [0.717, 1.165) is 0 Å². The fourth-order valence-corrected chi connectivity index (χ4v) is 2.73. The third-order valence-electron chi connectivity index (χ3n) is 4.05. The fourth-order valence-electron chi connectivity index (χ4n) is 2.73. The highest BCUT2D eigenvalue weighted by Gasteiger charge is 2.43. The molecule has 132 valence electrons. The van der Waals surface area contributed by atoms with Crippen molar-refractivity contribution in [2.45, 2.75) is 12.3 Å². The van der Waals surface area contributed by atoms with E-state index in [0.29, 0.717) is 44.2 Å². The molecule has 2 saturated heterocycles. The van der Waals surface area contributed by atoms with Gasteiger partial charge >= 0.3 is 6.18 Å². The van der Waals surface area contributed by atoms with Gasteiger partial charge in [0.2, 0.25) is 0 Å². The summed E-state index contributed by atoms with van der Waals surface area (Å²) in [6.45, 7) is 1.92. The van der Waals surface area contributed by atoms with Crippen LogP contribution in [-0.4, -0.2) is 74.1 Å². The van der Waals surface area contributed by atoms with Gasteiger partial charge in [-0.2, -0.15) is 13.2 Å². The Balaban J connectivity index is 1.74. The lowest BCUT2D eigenvalue weighted by Crippen LogP contribution is -2.49. The monoisotopic (exact) mass is 345 g/mol. The van der Waals surface area contributed by atoms with Gasteiger partial charge in [0, 0.05) is 31.4 Å². The first-order valence-electron chi connectivity index (χ1n) is 7.71. The van der Waals surface area contributed by atoms with Crippen molar-refractivity contribution in [2.75, 3.05) is 50.9 Å². The summed E-state index contributed by atoms with van der Waals surface area (Å²) >= 11 is 0. The van der Waals surface area contributed by atoms with Crippen LogP contribution >= 0.6 is 0 Å². The van der Waals surface area contributed by atoms with Crippen molar-refractivity contribution in [2.24, 2.45) is 0 Å². The molecule has 0 bridgehead atoms. The number of halogens is 3. The average molecular weight is 345 g/mol. The average Bonchev–Trinajstić information content (AvgIpc) is 2.61. The number of rotatable bonds is 2. The predicted molar refractivity (Wildman–Crippen MR) is 79.0 cm³/mol. The molecule has 0 aromatic carbocycles.